The molecule has 3 N–H and O–H groups in total. The van der Waals surface area contributed by atoms with Gasteiger partial charge in [0.05, 0.1) is 12.2 Å². The molecule has 0 bridgehead atoms. The van der Waals surface area contributed by atoms with E-state index in [1.165, 1.54) is 0 Å². The first-order valence-corrected chi connectivity index (χ1v) is 6.29. The zero-order valence-electron chi connectivity index (χ0n) is 10.4. The van der Waals surface area contributed by atoms with Crippen LogP contribution in [-0.4, -0.2) is 21.5 Å². The fraction of sp³-hybridized carbons (Fsp3) is 0.308. The molecule has 0 aromatic carbocycles. The molecule has 0 fully saturated rings. The minimum atomic E-state index is -0.302. The number of nitrogens with zero attached hydrogens (tertiary/aromatic N) is 2. The van der Waals surface area contributed by atoms with E-state index in [-0.39, 0.29) is 5.69 Å². The summed E-state index contributed by atoms with van der Waals surface area (Å²) in [6, 6.07) is 5.75. The average Bonchev–Trinajstić information content (AvgIpc) is 2.45. The number of aromatic amines is 1. The Labute approximate surface area is 110 Å². The second-order valence-electron chi connectivity index (χ2n) is 4.45. The molecule has 0 radical (unpaired) electrons. The van der Waals surface area contributed by atoms with Gasteiger partial charge >= 0.3 is 5.69 Å². The first kappa shape index (κ1) is 11.9. The van der Waals surface area contributed by atoms with Crippen molar-refractivity contribution < 1.29 is 0 Å². The molecule has 0 aliphatic carbocycles. The number of pyridine rings is 1. The van der Waals surface area contributed by atoms with Gasteiger partial charge in [-0.2, -0.15) is 4.98 Å². The van der Waals surface area contributed by atoms with Crippen molar-refractivity contribution in [3.05, 3.63) is 51.8 Å². The predicted molar refractivity (Wildman–Crippen MR) is 71.8 cm³/mol. The summed E-state index contributed by atoms with van der Waals surface area (Å²) in [5.41, 5.74) is 2.63. The van der Waals surface area contributed by atoms with Gasteiger partial charge in [-0.1, -0.05) is 6.07 Å². The summed E-state index contributed by atoms with van der Waals surface area (Å²) >= 11 is 0. The largest absolute Gasteiger partial charge is 0.364 e. The number of hydrogen-bond acceptors (Lipinski definition) is 5. The third-order valence-electron chi connectivity index (χ3n) is 3.14. The molecule has 2 aromatic rings. The van der Waals surface area contributed by atoms with E-state index >= 15 is 0 Å². The standard InChI is InChI=1S/C13H15N5O/c19-13-17-11-4-6-14-8-10(11)12(18-13)16-7-9-3-1-2-5-15-9/h1-3,5,14H,4,6-8H2,(H2,16,17,18,19). The topological polar surface area (TPSA) is 82.7 Å². The lowest BCUT2D eigenvalue weighted by Crippen LogP contribution is -2.30. The Morgan fingerprint density at radius 2 is 2.32 bits per heavy atom. The van der Waals surface area contributed by atoms with Crippen LogP contribution < -0.4 is 16.3 Å². The molecule has 19 heavy (non-hydrogen) atoms. The Bertz CT molecular complexity index is 623. The summed E-state index contributed by atoms with van der Waals surface area (Å²) in [4.78, 5) is 22.6. The summed E-state index contributed by atoms with van der Waals surface area (Å²) in [6.45, 7) is 2.17. The van der Waals surface area contributed by atoms with Gasteiger partial charge < -0.3 is 15.6 Å². The van der Waals surface area contributed by atoms with E-state index in [0.29, 0.717) is 12.4 Å². The molecular weight excluding hydrogens is 242 g/mol. The van der Waals surface area contributed by atoms with Crippen molar-refractivity contribution in [2.45, 2.75) is 19.5 Å². The molecule has 1 aliphatic rings. The third kappa shape index (κ3) is 2.63. The highest BCUT2D eigenvalue weighted by atomic mass is 16.1. The molecule has 98 valence electrons. The van der Waals surface area contributed by atoms with Crippen LogP contribution in [0.3, 0.4) is 0 Å². The molecule has 6 nitrogen and oxygen atoms in total. The molecule has 0 spiro atoms. The molecular formula is C13H15N5O. The Morgan fingerprint density at radius 1 is 1.37 bits per heavy atom. The van der Waals surface area contributed by atoms with Gasteiger partial charge in [0.1, 0.15) is 5.82 Å². The average molecular weight is 257 g/mol. The van der Waals surface area contributed by atoms with Gasteiger partial charge in [-0.15, -0.1) is 0 Å². The summed E-state index contributed by atoms with van der Waals surface area (Å²) < 4.78 is 0. The zero-order valence-corrected chi connectivity index (χ0v) is 10.4. The van der Waals surface area contributed by atoms with Crippen LogP contribution in [-0.2, 0) is 19.5 Å². The van der Waals surface area contributed by atoms with Crippen LogP contribution in [0.25, 0.3) is 0 Å². The fourth-order valence-electron chi connectivity index (χ4n) is 2.20. The second kappa shape index (κ2) is 5.19. The maximum Gasteiger partial charge on any atom is 0.347 e. The SMILES string of the molecule is O=c1nc(NCc2ccccn2)c2c([nH]1)CCNC2. The van der Waals surface area contributed by atoms with E-state index in [0.717, 1.165) is 36.5 Å². The van der Waals surface area contributed by atoms with Gasteiger partial charge in [0, 0.05) is 37.0 Å². The molecule has 0 unspecified atom stereocenters. The minimum absolute atomic E-state index is 0.302. The van der Waals surface area contributed by atoms with E-state index in [9.17, 15) is 4.79 Å². The first-order valence-electron chi connectivity index (χ1n) is 6.29. The Hall–Kier alpha value is -2.21. The maximum atomic E-state index is 11.5. The quantitative estimate of drug-likeness (QED) is 0.742. The third-order valence-corrected chi connectivity index (χ3v) is 3.14. The van der Waals surface area contributed by atoms with Crippen LogP contribution in [0.5, 0.6) is 0 Å². The molecule has 0 saturated heterocycles. The summed E-state index contributed by atoms with van der Waals surface area (Å²) in [5.74, 6) is 0.650. The van der Waals surface area contributed by atoms with Crippen molar-refractivity contribution in [3.8, 4) is 0 Å². The Morgan fingerprint density at radius 3 is 3.16 bits per heavy atom. The number of aromatic nitrogens is 3. The number of rotatable bonds is 3. The van der Waals surface area contributed by atoms with Crippen LogP contribution in [0.4, 0.5) is 5.82 Å². The van der Waals surface area contributed by atoms with Gasteiger partial charge in [-0.3, -0.25) is 4.98 Å². The Kier molecular flexibility index (Phi) is 3.24. The fourth-order valence-corrected chi connectivity index (χ4v) is 2.20. The number of hydrogen-bond donors (Lipinski definition) is 3. The number of nitrogens with one attached hydrogen (secondary N) is 3. The van der Waals surface area contributed by atoms with Crippen LogP contribution in [0.1, 0.15) is 17.0 Å². The second-order valence-corrected chi connectivity index (χ2v) is 4.45. The van der Waals surface area contributed by atoms with Crippen molar-refractivity contribution in [2.75, 3.05) is 11.9 Å². The molecule has 0 saturated carbocycles. The number of H-pyrrole nitrogens is 1. The lowest BCUT2D eigenvalue weighted by atomic mass is 10.1. The van der Waals surface area contributed by atoms with E-state index in [4.69, 9.17) is 0 Å². The first-order chi connectivity index (χ1) is 9.33. The van der Waals surface area contributed by atoms with Crippen LogP contribution >= 0.6 is 0 Å². The van der Waals surface area contributed by atoms with Gasteiger partial charge in [-0.25, -0.2) is 4.79 Å². The monoisotopic (exact) mass is 257 g/mol. The van der Waals surface area contributed by atoms with Crippen molar-refractivity contribution in [1.82, 2.24) is 20.3 Å². The van der Waals surface area contributed by atoms with E-state index < -0.39 is 0 Å². The molecule has 0 atom stereocenters. The van der Waals surface area contributed by atoms with E-state index in [1.807, 2.05) is 18.2 Å². The summed E-state index contributed by atoms with van der Waals surface area (Å²) in [7, 11) is 0. The normalized spacial score (nSPS) is 13.9. The summed E-state index contributed by atoms with van der Waals surface area (Å²) in [5, 5.41) is 6.48. The smallest absolute Gasteiger partial charge is 0.347 e. The van der Waals surface area contributed by atoms with Crippen molar-refractivity contribution in [1.29, 1.82) is 0 Å². The minimum Gasteiger partial charge on any atom is -0.364 e. The highest BCUT2D eigenvalue weighted by Crippen LogP contribution is 2.17. The molecule has 2 aromatic heterocycles. The number of fused-ring (bicyclic) bond motifs is 1. The van der Waals surface area contributed by atoms with Crippen LogP contribution in [0, 0.1) is 0 Å². The predicted octanol–water partition coefficient (Wildman–Crippen LogP) is 0.423. The van der Waals surface area contributed by atoms with Gasteiger partial charge in [0.2, 0.25) is 0 Å². The van der Waals surface area contributed by atoms with Gasteiger partial charge in [-0.05, 0) is 12.1 Å². The highest BCUT2D eigenvalue weighted by molar-refractivity contribution is 5.47. The van der Waals surface area contributed by atoms with Crippen molar-refractivity contribution in [2.24, 2.45) is 0 Å². The van der Waals surface area contributed by atoms with Crippen LogP contribution in [0.2, 0.25) is 0 Å². The molecule has 6 heteroatoms. The maximum absolute atomic E-state index is 11.5. The zero-order chi connectivity index (χ0) is 13.1. The van der Waals surface area contributed by atoms with Crippen molar-refractivity contribution >= 4 is 5.82 Å². The lowest BCUT2D eigenvalue weighted by Gasteiger charge is -2.19. The van der Waals surface area contributed by atoms with Crippen molar-refractivity contribution in [3.63, 3.8) is 0 Å². The van der Waals surface area contributed by atoms with E-state index in [2.05, 4.69) is 25.6 Å². The molecule has 3 rings (SSSR count). The summed E-state index contributed by atoms with van der Waals surface area (Å²) in [6.07, 6.45) is 2.57. The molecule has 0 amide bonds. The molecule has 1 aliphatic heterocycles. The van der Waals surface area contributed by atoms with Gasteiger partial charge in [0.25, 0.3) is 0 Å². The number of anilines is 1. The Balaban J connectivity index is 1.84. The van der Waals surface area contributed by atoms with Crippen LogP contribution in [0.15, 0.2) is 29.2 Å². The molecule has 3 heterocycles. The van der Waals surface area contributed by atoms with Gasteiger partial charge in [0.15, 0.2) is 0 Å². The lowest BCUT2D eigenvalue weighted by molar-refractivity contribution is 0.623. The highest BCUT2D eigenvalue weighted by Gasteiger charge is 2.15. The van der Waals surface area contributed by atoms with E-state index in [1.54, 1.807) is 6.20 Å².